The van der Waals surface area contributed by atoms with Gasteiger partial charge in [-0.1, -0.05) is 22.0 Å². The average molecular weight is 309 g/mol. The molecule has 0 saturated carbocycles. The maximum atomic E-state index is 13.3. The molecule has 0 amide bonds. The Morgan fingerprint density at radius 1 is 1.35 bits per heavy atom. The van der Waals surface area contributed by atoms with Crippen LogP contribution in [0.5, 0.6) is 0 Å². The Balaban J connectivity index is 2.83. The highest BCUT2D eigenvalue weighted by Crippen LogP contribution is 2.14. The zero-order chi connectivity index (χ0) is 13.0. The van der Waals surface area contributed by atoms with Crippen molar-refractivity contribution in [2.45, 2.75) is 11.8 Å². The van der Waals surface area contributed by atoms with E-state index in [9.17, 15) is 13.2 Å². The molecule has 0 bridgehead atoms. The number of hydrogen-bond donors (Lipinski definition) is 2. The molecule has 7 heteroatoms. The van der Waals surface area contributed by atoms with E-state index in [2.05, 4.69) is 20.7 Å². The second-order valence-electron chi connectivity index (χ2n) is 3.04. The first-order valence-corrected chi connectivity index (χ1v) is 5.55. The van der Waals surface area contributed by atoms with Crippen molar-refractivity contribution in [1.29, 1.82) is 10.8 Å². The zero-order valence-corrected chi connectivity index (χ0v) is 10.0. The minimum Gasteiger partial charge on any atom is -0.419 e. The lowest BCUT2D eigenvalue weighted by molar-refractivity contribution is 0.197. The Bertz CT molecular complexity index is 451. The molecule has 0 heterocycles. The summed E-state index contributed by atoms with van der Waals surface area (Å²) in [5, 5.41) is 14.3. The van der Waals surface area contributed by atoms with Crippen LogP contribution in [0.25, 0.3) is 0 Å². The summed E-state index contributed by atoms with van der Waals surface area (Å²) in [6.45, 7) is 0. The molecule has 0 atom stereocenters. The molecule has 17 heavy (non-hydrogen) atoms. The molecule has 2 N–H and O–H groups in total. The third-order valence-electron chi connectivity index (χ3n) is 1.87. The van der Waals surface area contributed by atoms with Crippen LogP contribution in [-0.2, 0) is 10.1 Å². The van der Waals surface area contributed by atoms with Gasteiger partial charge in [0.15, 0.2) is 0 Å². The monoisotopic (exact) mass is 308 g/mol. The van der Waals surface area contributed by atoms with E-state index < -0.39 is 24.0 Å². The van der Waals surface area contributed by atoms with Crippen LogP contribution in [0.4, 0.5) is 13.2 Å². The summed E-state index contributed by atoms with van der Waals surface area (Å²) in [6, 6.07) is 3.77. The molecule has 0 spiro atoms. The average Bonchev–Trinajstić information content (AvgIpc) is 2.28. The highest BCUT2D eigenvalue weighted by molar-refractivity contribution is 9.08. The first-order chi connectivity index (χ1) is 7.95. The van der Waals surface area contributed by atoms with Gasteiger partial charge in [0.25, 0.3) is 5.90 Å². The topological polar surface area (TPSA) is 56.9 Å². The summed E-state index contributed by atoms with van der Waals surface area (Å²) in [4.78, 5) is 0. The molecule has 92 valence electrons. The van der Waals surface area contributed by atoms with Crippen LogP contribution in [0.1, 0.15) is 11.1 Å². The van der Waals surface area contributed by atoms with Crippen molar-refractivity contribution in [1.82, 2.24) is 0 Å². The van der Waals surface area contributed by atoms with Gasteiger partial charge in [-0.15, -0.1) is 0 Å². The van der Waals surface area contributed by atoms with Gasteiger partial charge in [0, 0.05) is 10.9 Å². The molecule has 0 saturated heterocycles. The molecule has 0 radical (unpaired) electrons. The summed E-state index contributed by atoms with van der Waals surface area (Å²) >= 11 is 3.07. The maximum Gasteiger partial charge on any atom is 0.312 e. The number of benzene rings is 1. The lowest BCUT2D eigenvalue weighted by atomic mass is 10.1. The van der Waals surface area contributed by atoms with Crippen molar-refractivity contribution in [2.24, 2.45) is 0 Å². The maximum absolute atomic E-state index is 13.3. The van der Waals surface area contributed by atoms with Crippen LogP contribution in [0.15, 0.2) is 18.2 Å². The molecule has 0 aliphatic heterocycles. The van der Waals surface area contributed by atoms with Crippen LogP contribution in [-0.4, -0.2) is 18.2 Å². The third kappa shape index (κ3) is 3.55. The minimum absolute atomic E-state index is 0.00222. The smallest absolute Gasteiger partial charge is 0.312 e. The van der Waals surface area contributed by atoms with Gasteiger partial charge in [-0.05, 0) is 17.7 Å². The fourth-order valence-corrected chi connectivity index (χ4v) is 1.47. The number of ether oxygens (including phenoxy) is 1. The van der Waals surface area contributed by atoms with Gasteiger partial charge in [-0.25, -0.2) is 4.39 Å². The van der Waals surface area contributed by atoms with Gasteiger partial charge in [0.05, 0.1) is 0 Å². The Morgan fingerprint density at radius 3 is 2.47 bits per heavy atom. The quantitative estimate of drug-likeness (QED) is 0.502. The molecule has 0 aliphatic carbocycles. The van der Waals surface area contributed by atoms with Crippen molar-refractivity contribution in [3.63, 3.8) is 0 Å². The SMILES string of the molecule is N=C(OC(=N)C(F)F)c1ccc(CBr)c(F)c1. The summed E-state index contributed by atoms with van der Waals surface area (Å²) in [5.74, 6) is -2.59. The first kappa shape index (κ1) is 13.7. The zero-order valence-electron chi connectivity index (χ0n) is 8.44. The standard InChI is InChI=1S/C10H8BrF3N2O/c11-4-6-2-1-5(3-7(6)12)9(15)17-10(16)8(13)14/h1-3,8,15-16H,4H2. The van der Waals surface area contributed by atoms with Gasteiger partial charge < -0.3 is 4.74 Å². The minimum atomic E-state index is -3.10. The van der Waals surface area contributed by atoms with Crippen molar-refractivity contribution in [3.05, 3.63) is 35.1 Å². The normalized spacial score (nSPS) is 10.4. The largest absolute Gasteiger partial charge is 0.419 e. The number of rotatable bonds is 3. The number of halogens is 4. The predicted octanol–water partition coefficient (Wildman–Crippen LogP) is 3.30. The van der Waals surface area contributed by atoms with E-state index >= 15 is 0 Å². The summed E-state index contributed by atoms with van der Waals surface area (Å²) in [5.41, 5.74) is 0.378. The molecule has 0 fully saturated rings. The first-order valence-electron chi connectivity index (χ1n) is 4.43. The van der Waals surface area contributed by atoms with E-state index in [0.717, 1.165) is 6.07 Å². The van der Waals surface area contributed by atoms with E-state index in [-0.39, 0.29) is 5.56 Å². The Kier molecular flexibility index (Phi) is 4.68. The molecule has 3 nitrogen and oxygen atoms in total. The van der Waals surface area contributed by atoms with Crippen LogP contribution < -0.4 is 0 Å². The third-order valence-corrected chi connectivity index (χ3v) is 2.47. The predicted molar refractivity (Wildman–Crippen MR) is 60.7 cm³/mol. The van der Waals surface area contributed by atoms with Crippen molar-refractivity contribution in [3.8, 4) is 0 Å². The fourth-order valence-electron chi connectivity index (χ4n) is 1.01. The van der Waals surface area contributed by atoms with Gasteiger partial charge in [-0.2, -0.15) is 8.78 Å². The van der Waals surface area contributed by atoms with Crippen LogP contribution in [0, 0.1) is 16.6 Å². The Morgan fingerprint density at radius 2 is 2.00 bits per heavy atom. The fraction of sp³-hybridized carbons (Fsp3) is 0.200. The second kappa shape index (κ2) is 5.81. The van der Waals surface area contributed by atoms with Gasteiger partial charge in [0.2, 0.25) is 5.90 Å². The lowest BCUT2D eigenvalue weighted by Gasteiger charge is -2.08. The Hall–Kier alpha value is -1.37. The van der Waals surface area contributed by atoms with Gasteiger partial charge in [0.1, 0.15) is 5.82 Å². The highest BCUT2D eigenvalue weighted by Gasteiger charge is 2.16. The lowest BCUT2D eigenvalue weighted by Crippen LogP contribution is -2.18. The van der Waals surface area contributed by atoms with Crippen LogP contribution in [0.2, 0.25) is 0 Å². The number of nitrogens with one attached hydrogen (secondary N) is 2. The van der Waals surface area contributed by atoms with Crippen molar-refractivity contribution < 1.29 is 17.9 Å². The molecule has 1 aromatic rings. The number of hydrogen-bond acceptors (Lipinski definition) is 3. The molecule has 1 aromatic carbocycles. The highest BCUT2D eigenvalue weighted by atomic mass is 79.9. The molecule has 1 rings (SSSR count). The molecule has 0 aromatic heterocycles. The van der Waals surface area contributed by atoms with Crippen LogP contribution >= 0.6 is 15.9 Å². The summed E-state index contributed by atoms with van der Waals surface area (Å²) in [7, 11) is 0. The van der Waals surface area contributed by atoms with E-state index in [1.54, 1.807) is 0 Å². The van der Waals surface area contributed by atoms with E-state index in [1.165, 1.54) is 12.1 Å². The van der Waals surface area contributed by atoms with E-state index in [4.69, 9.17) is 10.8 Å². The van der Waals surface area contributed by atoms with Crippen molar-refractivity contribution in [2.75, 3.05) is 0 Å². The molecular formula is C10H8BrF3N2O. The summed E-state index contributed by atoms with van der Waals surface area (Å²) < 4.78 is 41.5. The van der Waals surface area contributed by atoms with Crippen LogP contribution in [0.3, 0.4) is 0 Å². The molecule has 0 aliphatic rings. The van der Waals surface area contributed by atoms with Gasteiger partial charge >= 0.3 is 6.43 Å². The summed E-state index contributed by atoms with van der Waals surface area (Å²) in [6.07, 6.45) is -3.10. The number of alkyl halides is 3. The van der Waals surface area contributed by atoms with Crippen molar-refractivity contribution >= 4 is 27.7 Å². The second-order valence-corrected chi connectivity index (χ2v) is 3.60. The molecule has 0 unspecified atom stereocenters. The van der Waals surface area contributed by atoms with E-state index in [1.807, 2.05) is 0 Å². The van der Waals surface area contributed by atoms with E-state index in [0.29, 0.717) is 10.9 Å². The Labute approximate surface area is 104 Å². The van der Waals surface area contributed by atoms with Gasteiger partial charge in [-0.3, -0.25) is 10.8 Å². The molecular weight excluding hydrogens is 301 g/mol.